The molecule has 0 amide bonds. The van der Waals surface area contributed by atoms with Gasteiger partial charge in [0.1, 0.15) is 16.1 Å². The van der Waals surface area contributed by atoms with Gasteiger partial charge in [-0.25, -0.2) is 0 Å². The van der Waals surface area contributed by atoms with Crippen molar-refractivity contribution in [3.8, 4) is 0 Å². The Morgan fingerprint density at radius 2 is 2.00 bits per heavy atom. The summed E-state index contributed by atoms with van der Waals surface area (Å²) in [4.78, 5) is 0. The zero-order valence-electron chi connectivity index (χ0n) is 11.3. The van der Waals surface area contributed by atoms with Crippen LogP contribution in [-0.4, -0.2) is 22.1 Å². The van der Waals surface area contributed by atoms with E-state index in [2.05, 4.69) is 4.40 Å². The van der Waals surface area contributed by atoms with Gasteiger partial charge >= 0.3 is 0 Å². The van der Waals surface area contributed by atoms with Crippen molar-refractivity contribution in [2.24, 2.45) is 4.40 Å². The first kappa shape index (κ1) is 15.2. The molecule has 100 valence electrons. The van der Waals surface area contributed by atoms with Gasteiger partial charge in [0, 0.05) is 0 Å². The fourth-order valence-electron chi connectivity index (χ4n) is 1.17. The molecule has 4 heteroatoms. The fourth-order valence-corrected chi connectivity index (χ4v) is 1.90. The number of benzene rings is 1. The first-order valence-corrected chi connectivity index (χ1v) is 7.23. The van der Waals surface area contributed by atoms with Gasteiger partial charge in [0.15, 0.2) is 0 Å². The second-order valence-electron chi connectivity index (χ2n) is 4.65. The molecule has 0 aliphatic carbocycles. The Morgan fingerprint density at radius 1 is 1.33 bits per heavy atom. The summed E-state index contributed by atoms with van der Waals surface area (Å²) in [6.07, 6.45) is 2.43. The zero-order chi connectivity index (χ0) is 13.4. The number of rotatable bonds is 7. The van der Waals surface area contributed by atoms with Crippen molar-refractivity contribution < 1.29 is 9.29 Å². The Labute approximate surface area is 113 Å². The van der Waals surface area contributed by atoms with Gasteiger partial charge < -0.3 is 9.29 Å². The van der Waals surface area contributed by atoms with Gasteiger partial charge in [0.2, 0.25) is 0 Å². The van der Waals surface area contributed by atoms with Crippen LogP contribution in [0.2, 0.25) is 0 Å². The lowest BCUT2D eigenvalue weighted by Crippen LogP contribution is -2.29. The van der Waals surface area contributed by atoms with E-state index in [1.165, 1.54) is 0 Å². The summed E-state index contributed by atoms with van der Waals surface area (Å²) < 4.78 is 21.0. The minimum Gasteiger partial charge on any atom is -0.591 e. The second-order valence-corrected chi connectivity index (χ2v) is 6.47. The average molecular weight is 267 g/mol. The van der Waals surface area contributed by atoms with Crippen molar-refractivity contribution in [3.63, 3.8) is 0 Å². The van der Waals surface area contributed by atoms with E-state index in [4.69, 9.17) is 4.74 Å². The molecule has 0 N–H and O–H groups in total. The SMILES string of the molecule is CCC(C)(C)[S+]([O-])N=CCOCc1ccccc1. The maximum absolute atomic E-state index is 11.8. The maximum Gasteiger partial charge on any atom is 0.147 e. The smallest absolute Gasteiger partial charge is 0.147 e. The summed E-state index contributed by atoms with van der Waals surface area (Å²) >= 11 is -1.19. The number of ether oxygens (including phenoxy) is 1. The summed E-state index contributed by atoms with van der Waals surface area (Å²) in [6.45, 7) is 6.85. The number of nitrogens with zero attached hydrogens (tertiary/aromatic N) is 1. The highest BCUT2D eigenvalue weighted by Gasteiger charge is 2.29. The Bertz CT molecular complexity index is 365. The molecule has 0 saturated heterocycles. The van der Waals surface area contributed by atoms with Crippen LogP contribution in [0.25, 0.3) is 0 Å². The zero-order valence-corrected chi connectivity index (χ0v) is 12.1. The van der Waals surface area contributed by atoms with Crippen LogP contribution in [0.3, 0.4) is 0 Å². The van der Waals surface area contributed by atoms with Crippen molar-refractivity contribution >= 4 is 17.6 Å². The lowest BCUT2D eigenvalue weighted by Gasteiger charge is -2.21. The van der Waals surface area contributed by atoms with Crippen molar-refractivity contribution in [1.82, 2.24) is 0 Å². The van der Waals surface area contributed by atoms with Crippen LogP contribution in [-0.2, 0) is 22.7 Å². The third-order valence-electron chi connectivity index (χ3n) is 2.80. The molecule has 3 nitrogen and oxygen atoms in total. The molecule has 0 fully saturated rings. The summed E-state index contributed by atoms with van der Waals surface area (Å²) in [5.41, 5.74) is 1.13. The molecule has 1 atom stereocenters. The summed E-state index contributed by atoms with van der Waals surface area (Å²) in [5, 5.41) is 0. The van der Waals surface area contributed by atoms with Crippen LogP contribution in [0.4, 0.5) is 0 Å². The first-order chi connectivity index (χ1) is 8.56. The molecular weight excluding hydrogens is 246 g/mol. The van der Waals surface area contributed by atoms with Gasteiger partial charge in [-0.05, 0) is 25.8 Å². The van der Waals surface area contributed by atoms with Gasteiger partial charge in [0.05, 0.1) is 19.4 Å². The lowest BCUT2D eigenvalue weighted by atomic mass is 10.1. The largest absolute Gasteiger partial charge is 0.591 e. The molecule has 1 aromatic carbocycles. The van der Waals surface area contributed by atoms with Gasteiger partial charge in [0.25, 0.3) is 0 Å². The normalized spacial score (nSPS) is 14.0. The highest BCUT2D eigenvalue weighted by atomic mass is 32.2. The maximum atomic E-state index is 11.8. The summed E-state index contributed by atoms with van der Waals surface area (Å²) in [7, 11) is 0. The predicted octanol–water partition coefficient (Wildman–Crippen LogP) is 3.13. The van der Waals surface area contributed by atoms with E-state index in [9.17, 15) is 4.55 Å². The van der Waals surface area contributed by atoms with E-state index in [1.807, 2.05) is 51.1 Å². The standard InChI is InChI=1S/C14H21NO2S/c1-4-14(2,3)18(16)15-10-11-17-12-13-8-6-5-7-9-13/h5-10H,4,11-12H2,1-3H3. The minimum absolute atomic E-state index is 0.268. The molecule has 0 radical (unpaired) electrons. The number of hydrogen-bond donors (Lipinski definition) is 0. The highest BCUT2D eigenvalue weighted by Crippen LogP contribution is 2.21. The van der Waals surface area contributed by atoms with Crippen LogP contribution in [0, 0.1) is 0 Å². The summed E-state index contributed by atoms with van der Waals surface area (Å²) in [5.74, 6) is 0. The molecule has 1 aromatic rings. The molecule has 0 aliphatic rings. The molecule has 0 spiro atoms. The van der Waals surface area contributed by atoms with Crippen molar-refractivity contribution in [1.29, 1.82) is 0 Å². The van der Waals surface area contributed by atoms with Crippen molar-refractivity contribution in [2.75, 3.05) is 6.61 Å². The van der Waals surface area contributed by atoms with Crippen LogP contribution in [0.1, 0.15) is 32.8 Å². The van der Waals surface area contributed by atoms with Gasteiger partial charge in [-0.1, -0.05) is 41.7 Å². The van der Waals surface area contributed by atoms with Gasteiger partial charge in [-0.2, -0.15) is 0 Å². The molecule has 1 rings (SSSR count). The average Bonchev–Trinajstić information content (AvgIpc) is 2.39. The Balaban J connectivity index is 2.26. The summed E-state index contributed by atoms with van der Waals surface area (Å²) in [6, 6.07) is 9.95. The third-order valence-corrected chi connectivity index (χ3v) is 4.37. The van der Waals surface area contributed by atoms with Crippen LogP contribution < -0.4 is 0 Å². The Hall–Kier alpha value is -0.840. The third kappa shape index (κ3) is 5.21. The van der Waals surface area contributed by atoms with Crippen molar-refractivity contribution in [3.05, 3.63) is 35.9 Å². The molecule has 0 saturated carbocycles. The molecule has 18 heavy (non-hydrogen) atoms. The molecule has 0 aromatic heterocycles. The predicted molar refractivity (Wildman–Crippen MR) is 77.1 cm³/mol. The second kappa shape index (κ2) is 7.56. The van der Waals surface area contributed by atoms with Crippen molar-refractivity contribution in [2.45, 2.75) is 38.5 Å². The minimum atomic E-state index is -1.19. The van der Waals surface area contributed by atoms with E-state index in [0.29, 0.717) is 13.2 Å². The van der Waals surface area contributed by atoms with E-state index in [0.717, 1.165) is 12.0 Å². The van der Waals surface area contributed by atoms with Crippen LogP contribution in [0.5, 0.6) is 0 Å². The topological polar surface area (TPSA) is 44.7 Å². The van der Waals surface area contributed by atoms with E-state index >= 15 is 0 Å². The quantitative estimate of drug-likeness (QED) is 0.433. The fraction of sp³-hybridized carbons (Fsp3) is 0.500. The monoisotopic (exact) mass is 267 g/mol. The van der Waals surface area contributed by atoms with E-state index in [-0.39, 0.29) is 4.75 Å². The van der Waals surface area contributed by atoms with Crippen LogP contribution >= 0.6 is 0 Å². The molecule has 0 aliphatic heterocycles. The van der Waals surface area contributed by atoms with Crippen LogP contribution in [0.15, 0.2) is 34.7 Å². The van der Waals surface area contributed by atoms with E-state index in [1.54, 1.807) is 6.21 Å². The number of hydrogen-bond acceptors (Lipinski definition) is 3. The Morgan fingerprint density at radius 3 is 2.61 bits per heavy atom. The lowest BCUT2D eigenvalue weighted by molar-refractivity contribution is 0.160. The first-order valence-electron chi connectivity index (χ1n) is 6.12. The van der Waals surface area contributed by atoms with E-state index < -0.39 is 11.4 Å². The molecule has 1 unspecified atom stereocenters. The molecule has 0 bridgehead atoms. The molecule has 0 heterocycles. The van der Waals surface area contributed by atoms with Gasteiger partial charge in [-0.3, -0.25) is 0 Å². The Kier molecular flexibility index (Phi) is 6.39. The highest BCUT2D eigenvalue weighted by molar-refractivity contribution is 7.91. The molecular formula is C14H21NO2S. The van der Waals surface area contributed by atoms with Gasteiger partial charge in [-0.15, -0.1) is 0 Å².